The van der Waals surface area contributed by atoms with Crippen molar-refractivity contribution in [3.8, 4) is 39.8 Å². The van der Waals surface area contributed by atoms with Gasteiger partial charge in [-0.1, -0.05) is 50.1 Å². The van der Waals surface area contributed by atoms with Gasteiger partial charge in [0.2, 0.25) is 0 Å². The number of nitriles is 1. The molecule has 0 atom stereocenters. The highest BCUT2D eigenvalue weighted by Gasteiger charge is 2.15. The molecule has 0 bridgehead atoms. The summed E-state index contributed by atoms with van der Waals surface area (Å²) in [5.41, 5.74) is 2.31. The van der Waals surface area contributed by atoms with Gasteiger partial charge in [0.15, 0.2) is 17.5 Å². The number of halogens is 4. The van der Waals surface area contributed by atoms with Crippen LogP contribution in [0.15, 0.2) is 91.2 Å². The van der Waals surface area contributed by atoms with E-state index in [2.05, 4.69) is 12.6 Å². The van der Waals surface area contributed by atoms with E-state index in [0.29, 0.717) is 36.3 Å². The Bertz CT molecular complexity index is 1600. The maximum Gasteiger partial charge on any atom is 0.311 e. The summed E-state index contributed by atoms with van der Waals surface area (Å²) < 4.78 is 65.8. The molecule has 0 amide bonds. The third kappa shape index (κ3) is 8.79. The number of benzene rings is 4. The summed E-state index contributed by atoms with van der Waals surface area (Å²) >= 11 is 0. The largest absolute Gasteiger partial charge is 0.462 e. The van der Waals surface area contributed by atoms with Crippen LogP contribution in [0.25, 0.3) is 22.3 Å². The van der Waals surface area contributed by atoms with Crippen LogP contribution in [0, 0.1) is 34.6 Å². The van der Waals surface area contributed by atoms with E-state index in [4.69, 9.17) is 14.7 Å². The van der Waals surface area contributed by atoms with Crippen molar-refractivity contribution in [2.75, 3.05) is 0 Å². The second kappa shape index (κ2) is 14.8. The lowest BCUT2D eigenvalue weighted by Crippen LogP contribution is -2.07. The average Bonchev–Trinajstić information content (AvgIpc) is 2.99. The van der Waals surface area contributed by atoms with Crippen molar-refractivity contribution in [3.63, 3.8) is 0 Å². The molecule has 0 heterocycles. The molecule has 0 aliphatic rings. The standard InChI is InChI=1S/C35H29F4NO3/c1-23(42-29-17-18-30(31(36)21-29)27-19-32(37)35(39)33(38)20-27)7-5-3-2-4-6-8-34(41)43-28-15-13-26(14-16-28)25-11-9-24(22-40)10-12-25/h9-21H,1-8H2. The third-order valence-corrected chi connectivity index (χ3v) is 6.77. The summed E-state index contributed by atoms with van der Waals surface area (Å²) in [7, 11) is 0. The minimum atomic E-state index is -1.61. The van der Waals surface area contributed by atoms with Crippen LogP contribution in [0.4, 0.5) is 17.6 Å². The van der Waals surface area contributed by atoms with Crippen molar-refractivity contribution in [2.24, 2.45) is 0 Å². The lowest BCUT2D eigenvalue weighted by molar-refractivity contribution is -0.134. The highest BCUT2D eigenvalue weighted by atomic mass is 19.2. The second-order valence-electron chi connectivity index (χ2n) is 9.99. The Hall–Kier alpha value is -4.90. The first kappa shape index (κ1) is 31.0. The summed E-state index contributed by atoms with van der Waals surface area (Å²) in [5, 5.41) is 8.92. The molecule has 0 aromatic heterocycles. The Labute approximate surface area is 247 Å². The molecule has 0 radical (unpaired) electrons. The van der Waals surface area contributed by atoms with E-state index < -0.39 is 23.3 Å². The molecule has 0 fully saturated rings. The van der Waals surface area contributed by atoms with Gasteiger partial charge >= 0.3 is 5.97 Å². The van der Waals surface area contributed by atoms with Crippen molar-refractivity contribution in [3.05, 3.63) is 120 Å². The Balaban J connectivity index is 1.11. The molecule has 0 aliphatic heterocycles. The van der Waals surface area contributed by atoms with Gasteiger partial charge < -0.3 is 9.47 Å². The quantitative estimate of drug-likeness (QED) is 0.0390. The SMILES string of the molecule is C=C(CCCCCCCC(=O)Oc1ccc(-c2ccc(C#N)cc2)cc1)Oc1ccc(-c2cc(F)c(F)c(F)c2)c(F)c1. The summed E-state index contributed by atoms with van der Waals surface area (Å²) in [6, 6.07) is 21.9. The number of nitrogens with zero attached hydrogens (tertiary/aromatic N) is 1. The third-order valence-electron chi connectivity index (χ3n) is 6.77. The molecule has 4 aromatic carbocycles. The number of unbranched alkanes of at least 4 members (excludes halogenated alkanes) is 4. The maximum absolute atomic E-state index is 14.6. The minimum Gasteiger partial charge on any atom is -0.462 e. The van der Waals surface area contributed by atoms with Gasteiger partial charge in [-0.15, -0.1) is 0 Å². The van der Waals surface area contributed by atoms with Gasteiger partial charge in [-0.25, -0.2) is 17.6 Å². The van der Waals surface area contributed by atoms with E-state index in [1.54, 1.807) is 24.3 Å². The molecule has 4 rings (SSSR count). The Morgan fingerprint density at radius 3 is 1.81 bits per heavy atom. The highest BCUT2D eigenvalue weighted by Crippen LogP contribution is 2.30. The summed E-state index contributed by atoms with van der Waals surface area (Å²) in [5.74, 6) is -4.35. The number of carbonyl (C=O) groups is 1. The fraction of sp³-hybridized carbons (Fsp3) is 0.200. The molecule has 0 saturated heterocycles. The Morgan fingerprint density at radius 1 is 0.651 bits per heavy atom. The van der Waals surface area contributed by atoms with Crippen molar-refractivity contribution in [1.82, 2.24) is 0 Å². The lowest BCUT2D eigenvalue weighted by Gasteiger charge is -2.11. The first-order valence-electron chi connectivity index (χ1n) is 13.8. The summed E-state index contributed by atoms with van der Waals surface area (Å²) in [6.45, 7) is 3.86. The van der Waals surface area contributed by atoms with Gasteiger partial charge in [-0.05, 0) is 78.1 Å². The van der Waals surface area contributed by atoms with Crippen molar-refractivity contribution < 1.29 is 31.8 Å². The van der Waals surface area contributed by atoms with Crippen LogP contribution in [0.1, 0.15) is 50.5 Å². The first-order chi connectivity index (χ1) is 20.7. The number of ether oxygens (including phenoxy) is 2. The zero-order chi connectivity index (χ0) is 30.8. The van der Waals surface area contributed by atoms with Crippen LogP contribution in [0.2, 0.25) is 0 Å². The summed E-state index contributed by atoms with van der Waals surface area (Å²) in [6.07, 6.45) is 5.02. The summed E-state index contributed by atoms with van der Waals surface area (Å²) in [4.78, 5) is 12.2. The topological polar surface area (TPSA) is 59.3 Å². The van der Waals surface area contributed by atoms with Crippen LogP contribution >= 0.6 is 0 Å². The molecule has 0 aliphatic carbocycles. The molecule has 4 aromatic rings. The minimum absolute atomic E-state index is 0.0859. The number of hydrogen-bond donors (Lipinski definition) is 0. The maximum atomic E-state index is 14.6. The Morgan fingerprint density at radius 2 is 1.21 bits per heavy atom. The fourth-order valence-corrected chi connectivity index (χ4v) is 4.48. The van der Waals surface area contributed by atoms with E-state index in [1.165, 1.54) is 12.1 Å². The van der Waals surface area contributed by atoms with Gasteiger partial charge in [0.05, 0.1) is 17.4 Å². The van der Waals surface area contributed by atoms with Crippen molar-refractivity contribution >= 4 is 5.97 Å². The molecule has 8 heteroatoms. The van der Waals surface area contributed by atoms with E-state index in [-0.39, 0.29) is 22.8 Å². The predicted molar refractivity (Wildman–Crippen MR) is 156 cm³/mol. The van der Waals surface area contributed by atoms with E-state index in [0.717, 1.165) is 55.0 Å². The molecule has 0 spiro atoms. The normalized spacial score (nSPS) is 10.7. The van der Waals surface area contributed by atoms with Crippen LogP contribution in [0.3, 0.4) is 0 Å². The van der Waals surface area contributed by atoms with E-state index in [9.17, 15) is 22.4 Å². The van der Waals surface area contributed by atoms with E-state index >= 15 is 0 Å². The van der Waals surface area contributed by atoms with Gasteiger partial charge in [-0.3, -0.25) is 4.79 Å². The number of allylic oxidation sites excluding steroid dienone is 1. The van der Waals surface area contributed by atoms with E-state index in [1.807, 2.05) is 24.3 Å². The molecule has 0 N–H and O–H groups in total. The van der Waals surface area contributed by atoms with Crippen molar-refractivity contribution in [2.45, 2.75) is 44.9 Å². The zero-order valence-electron chi connectivity index (χ0n) is 23.3. The first-order valence-corrected chi connectivity index (χ1v) is 13.8. The molecular weight excluding hydrogens is 558 g/mol. The van der Waals surface area contributed by atoms with Gasteiger partial charge in [0, 0.05) is 24.5 Å². The molecule has 4 nitrogen and oxygen atoms in total. The fourth-order valence-electron chi connectivity index (χ4n) is 4.48. The zero-order valence-corrected chi connectivity index (χ0v) is 23.3. The highest BCUT2D eigenvalue weighted by molar-refractivity contribution is 5.73. The van der Waals surface area contributed by atoms with Gasteiger partial charge in [0.25, 0.3) is 0 Å². The number of hydrogen-bond acceptors (Lipinski definition) is 4. The molecule has 43 heavy (non-hydrogen) atoms. The van der Waals surface area contributed by atoms with Gasteiger partial charge in [0.1, 0.15) is 17.3 Å². The predicted octanol–water partition coefficient (Wildman–Crippen LogP) is 9.68. The smallest absolute Gasteiger partial charge is 0.311 e. The second-order valence-corrected chi connectivity index (χ2v) is 9.99. The van der Waals surface area contributed by atoms with Crippen LogP contribution in [-0.4, -0.2) is 5.97 Å². The number of esters is 1. The molecule has 0 saturated carbocycles. The van der Waals surface area contributed by atoms with Crippen LogP contribution in [-0.2, 0) is 4.79 Å². The van der Waals surface area contributed by atoms with Crippen LogP contribution < -0.4 is 9.47 Å². The Kier molecular flexibility index (Phi) is 10.7. The average molecular weight is 588 g/mol. The van der Waals surface area contributed by atoms with Gasteiger partial charge in [-0.2, -0.15) is 5.26 Å². The lowest BCUT2D eigenvalue weighted by atomic mass is 10.0. The molecule has 220 valence electrons. The van der Waals surface area contributed by atoms with Crippen LogP contribution in [0.5, 0.6) is 11.5 Å². The monoisotopic (exact) mass is 587 g/mol. The molecular formula is C35H29F4NO3. The van der Waals surface area contributed by atoms with Crippen molar-refractivity contribution in [1.29, 1.82) is 5.26 Å². The number of rotatable bonds is 13. The molecule has 0 unspecified atom stereocenters. The number of carbonyl (C=O) groups excluding carboxylic acids is 1.